The van der Waals surface area contributed by atoms with Crippen LogP contribution in [0.4, 0.5) is 4.39 Å². The van der Waals surface area contributed by atoms with E-state index in [1.165, 1.54) is 19.2 Å². The largest absolute Gasteiger partial charge is 0.481 e. The fraction of sp³-hybridized carbons (Fsp3) is 0.364. The van der Waals surface area contributed by atoms with Gasteiger partial charge in [0, 0.05) is 18.7 Å². The topological polar surface area (TPSA) is 72.5 Å². The van der Waals surface area contributed by atoms with Crippen LogP contribution in [0.5, 0.6) is 0 Å². The number of carboxylic acids is 1. The van der Waals surface area contributed by atoms with Crippen molar-refractivity contribution in [2.24, 2.45) is 5.73 Å². The van der Waals surface area contributed by atoms with Gasteiger partial charge in [0.15, 0.2) is 0 Å². The van der Waals surface area contributed by atoms with Gasteiger partial charge in [-0.25, -0.2) is 4.39 Å². The molecule has 1 rings (SSSR count). The fourth-order valence-electron chi connectivity index (χ4n) is 1.43. The average Bonchev–Trinajstić information content (AvgIpc) is 2.20. The second-order valence-corrected chi connectivity index (χ2v) is 3.49. The van der Waals surface area contributed by atoms with E-state index in [2.05, 4.69) is 0 Å². The number of aliphatic carboxylic acids is 1. The highest BCUT2D eigenvalue weighted by Gasteiger charge is 2.15. The van der Waals surface area contributed by atoms with Crippen molar-refractivity contribution in [3.8, 4) is 0 Å². The van der Waals surface area contributed by atoms with Crippen molar-refractivity contribution in [1.29, 1.82) is 0 Å². The number of benzene rings is 1. The molecule has 5 heteroatoms. The third-order valence-corrected chi connectivity index (χ3v) is 2.17. The van der Waals surface area contributed by atoms with Crippen molar-refractivity contribution in [1.82, 2.24) is 0 Å². The summed E-state index contributed by atoms with van der Waals surface area (Å²) in [5.41, 5.74) is 6.57. The standard InChI is InChI=1S/C11H14FNO3/c1-16-6-7-2-3-9(12)8(4-7)10(13)5-11(14)15/h2-4,10H,5-6,13H2,1H3,(H,14,15). The highest BCUT2D eigenvalue weighted by molar-refractivity contribution is 5.67. The van der Waals surface area contributed by atoms with Crippen LogP contribution in [0.25, 0.3) is 0 Å². The van der Waals surface area contributed by atoms with Crippen LogP contribution in [0, 0.1) is 5.82 Å². The maximum Gasteiger partial charge on any atom is 0.305 e. The SMILES string of the molecule is COCc1ccc(F)c(C(N)CC(=O)O)c1. The first-order valence-electron chi connectivity index (χ1n) is 4.79. The van der Waals surface area contributed by atoms with Crippen LogP contribution in [0.1, 0.15) is 23.6 Å². The van der Waals surface area contributed by atoms with Gasteiger partial charge in [0.25, 0.3) is 0 Å². The van der Waals surface area contributed by atoms with Gasteiger partial charge in [-0.3, -0.25) is 4.79 Å². The molecule has 0 fully saturated rings. The molecule has 1 aromatic carbocycles. The molecule has 1 aromatic rings. The zero-order valence-electron chi connectivity index (χ0n) is 8.94. The highest BCUT2D eigenvalue weighted by Crippen LogP contribution is 2.20. The number of carbonyl (C=O) groups is 1. The van der Waals surface area contributed by atoms with Gasteiger partial charge in [-0.2, -0.15) is 0 Å². The van der Waals surface area contributed by atoms with Crippen molar-refractivity contribution in [3.63, 3.8) is 0 Å². The Morgan fingerprint density at radius 3 is 2.88 bits per heavy atom. The number of methoxy groups -OCH3 is 1. The molecule has 3 N–H and O–H groups in total. The lowest BCUT2D eigenvalue weighted by Crippen LogP contribution is -2.16. The molecule has 1 atom stereocenters. The van der Waals surface area contributed by atoms with E-state index in [0.29, 0.717) is 6.61 Å². The van der Waals surface area contributed by atoms with Crippen molar-refractivity contribution in [3.05, 3.63) is 35.1 Å². The third kappa shape index (κ3) is 3.29. The summed E-state index contributed by atoms with van der Waals surface area (Å²) in [4.78, 5) is 10.5. The Bertz CT molecular complexity index is 381. The zero-order valence-corrected chi connectivity index (χ0v) is 8.94. The normalized spacial score (nSPS) is 12.4. The van der Waals surface area contributed by atoms with Gasteiger partial charge in [0.05, 0.1) is 13.0 Å². The molecular formula is C11H14FNO3. The number of ether oxygens (including phenoxy) is 1. The van der Waals surface area contributed by atoms with Gasteiger partial charge in [-0.1, -0.05) is 6.07 Å². The number of nitrogens with two attached hydrogens (primary N) is 1. The fourth-order valence-corrected chi connectivity index (χ4v) is 1.43. The second-order valence-electron chi connectivity index (χ2n) is 3.49. The number of halogens is 1. The molecule has 0 saturated carbocycles. The van der Waals surface area contributed by atoms with Crippen molar-refractivity contribution in [2.75, 3.05) is 7.11 Å². The van der Waals surface area contributed by atoms with Crippen LogP contribution in [0.2, 0.25) is 0 Å². The van der Waals surface area contributed by atoms with Crippen molar-refractivity contribution in [2.45, 2.75) is 19.1 Å². The summed E-state index contributed by atoms with van der Waals surface area (Å²) in [5.74, 6) is -1.54. The Kier molecular flexibility index (Phi) is 4.39. The summed E-state index contributed by atoms with van der Waals surface area (Å²) < 4.78 is 18.3. The lowest BCUT2D eigenvalue weighted by molar-refractivity contribution is -0.137. The molecule has 0 spiro atoms. The maximum atomic E-state index is 13.4. The molecule has 88 valence electrons. The first kappa shape index (κ1) is 12.6. The Hall–Kier alpha value is -1.46. The molecule has 0 radical (unpaired) electrons. The summed E-state index contributed by atoms with van der Waals surface area (Å²) in [6.45, 7) is 0.340. The molecule has 0 aromatic heterocycles. The predicted molar refractivity (Wildman–Crippen MR) is 56.3 cm³/mol. The van der Waals surface area contributed by atoms with E-state index < -0.39 is 17.8 Å². The van der Waals surface area contributed by atoms with E-state index in [4.69, 9.17) is 15.6 Å². The Balaban J connectivity index is 2.92. The summed E-state index contributed by atoms with van der Waals surface area (Å²) in [5, 5.41) is 8.58. The average molecular weight is 227 g/mol. The Morgan fingerprint density at radius 1 is 1.62 bits per heavy atom. The quantitative estimate of drug-likeness (QED) is 0.798. The van der Waals surface area contributed by atoms with Gasteiger partial charge in [-0.05, 0) is 17.7 Å². The van der Waals surface area contributed by atoms with E-state index >= 15 is 0 Å². The minimum atomic E-state index is -1.05. The first-order chi connectivity index (χ1) is 7.54. The van der Waals surface area contributed by atoms with Crippen LogP contribution in [0.15, 0.2) is 18.2 Å². The van der Waals surface area contributed by atoms with Crippen LogP contribution in [-0.4, -0.2) is 18.2 Å². The van der Waals surface area contributed by atoms with Gasteiger partial charge in [0.2, 0.25) is 0 Å². The van der Waals surface area contributed by atoms with E-state index in [0.717, 1.165) is 5.56 Å². The molecule has 1 unspecified atom stereocenters. The van der Waals surface area contributed by atoms with Crippen LogP contribution in [0.3, 0.4) is 0 Å². The number of carboxylic acid groups (broad SMARTS) is 1. The minimum Gasteiger partial charge on any atom is -0.481 e. The van der Waals surface area contributed by atoms with Crippen LogP contribution >= 0.6 is 0 Å². The summed E-state index contributed by atoms with van der Waals surface area (Å²) in [7, 11) is 1.53. The molecule has 0 saturated heterocycles. The summed E-state index contributed by atoms with van der Waals surface area (Å²) in [6, 6.07) is 3.54. The molecule has 0 amide bonds. The van der Waals surface area contributed by atoms with E-state index in [1.807, 2.05) is 0 Å². The Labute approximate surface area is 92.8 Å². The minimum absolute atomic E-state index is 0.206. The van der Waals surface area contributed by atoms with Gasteiger partial charge in [0.1, 0.15) is 5.82 Å². The molecule has 4 nitrogen and oxygen atoms in total. The monoisotopic (exact) mass is 227 g/mol. The van der Waals surface area contributed by atoms with Crippen LogP contribution < -0.4 is 5.73 Å². The number of hydrogen-bond acceptors (Lipinski definition) is 3. The van der Waals surface area contributed by atoms with Gasteiger partial charge >= 0.3 is 5.97 Å². The molecule has 16 heavy (non-hydrogen) atoms. The molecule has 0 bridgehead atoms. The van der Waals surface area contributed by atoms with Crippen molar-refractivity contribution >= 4 is 5.97 Å². The van der Waals surface area contributed by atoms with Crippen molar-refractivity contribution < 1.29 is 19.0 Å². The van der Waals surface area contributed by atoms with Gasteiger partial charge in [-0.15, -0.1) is 0 Å². The number of rotatable bonds is 5. The Morgan fingerprint density at radius 2 is 2.31 bits per heavy atom. The zero-order chi connectivity index (χ0) is 12.1. The lowest BCUT2D eigenvalue weighted by Gasteiger charge is -2.12. The van der Waals surface area contributed by atoms with E-state index in [1.54, 1.807) is 6.07 Å². The highest BCUT2D eigenvalue weighted by atomic mass is 19.1. The molecule has 0 aliphatic heterocycles. The molecule has 0 aliphatic rings. The number of hydrogen-bond donors (Lipinski definition) is 2. The first-order valence-corrected chi connectivity index (χ1v) is 4.79. The molecular weight excluding hydrogens is 213 g/mol. The summed E-state index contributed by atoms with van der Waals surface area (Å²) in [6.07, 6.45) is -0.298. The summed E-state index contributed by atoms with van der Waals surface area (Å²) >= 11 is 0. The predicted octanol–water partition coefficient (Wildman–Crippen LogP) is 1.45. The van der Waals surface area contributed by atoms with Crippen LogP contribution in [-0.2, 0) is 16.1 Å². The van der Waals surface area contributed by atoms with Gasteiger partial charge < -0.3 is 15.6 Å². The molecule has 0 heterocycles. The maximum absolute atomic E-state index is 13.4. The van der Waals surface area contributed by atoms with E-state index in [9.17, 15) is 9.18 Å². The lowest BCUT2D eigenvalue weighted by atomic mass is 10.0. The third-order valence-electron chi connectivity index (χ3n) is 2.17. The second kappa shape index (κ2) is 5.58. The molecule has 0 aliphatic carbocycles. The smallest absolute Gasteiger partial charge is 0.305 e. The van der Waals surface area contributed by atoms with E-state index in [-0.39, 0.29) is 12.0 Å².